The molecule has 0 bridgehead atoms. The largest absolute Gasteiger partial charge is 0.466 e. The van der Waals surface area contributed by atoms with Gasteiger partial charge in [-0.1, -0.05) is 37.3 Å². The van der Waals surface area contributed by atoms with Gasteiger partial charge in [-0.2, -0.15) is 0 Å². The maximum Gasteiger partial charge on any atom is 0.313 e. The predicted octanol–water partition coefficient (Wildman–Crippen LogP) is 4.03. The van der Waals surface area contributed by atoms with E-state index in [2.05, 4.69) is 24.0 Å². The van der Waals surface area contributed by atoms with Gasteiger partial charge in [-0.3, -0.25) is 9.59 Å². The molecule has 6 nitrogen and oxygen atoms in total. The molecule has 1 atom stereocenters. The fraction of sp³-hybridized carbons (Fsp3) is 0.560. The van der Waals surface area contributed by atoms with Gasteiger partial charge < -0.3 is 14.2 Å². The zero-order valence-electron chi connectivity index (χ0n) is 18.9. The van der Waals surface area contributed by atoms with E-state index in [1.807, 2.05) is 40.8 Å². The first kappa shape index (κ1) is 23.0. The summed E-state index contributed by atoms with van der Waals surface area (Å²) in [6.07, 6.45) is 9.16. The summed E-state index contributed by atoms with van der Waals surface area (Å²) in [4.78, 5) is 32.2. The van der Waals surface area contributed by atoms with Gasteiger partial charge in [0.1, 0.15) is 5.82 Å². The Kier molecular flexibility index (Phi) is 8.27. The number of piperidine rings is 1. The van der Waals surface area contributed by atoms with E-state index in [0.29, 0.717) is 32.7 Å². The highest BCUT2D eigenvalue weighted by Gasteiger charge is 2.44. The van der Waals surface area contributed by atoms with Crippen molar-refractivity contribution in [2.45, 2.75) is 65.3 Å². The summed E-state index contributed by atoms with van der Waals surface area (Å²) in [5, 5.41) is 0. The molecule has 31 heavy (non-hydrogen) atoms. The molecule has 1 aliphatic rings. The van der Waals surface area contributed by atoms with Crippen molar-refractivity contribution < 1.29 is 14.3 Å². The average molecular weight is 426 g/mol. The number of amides is 1. The minimum Gasteiger partial charge on any atom is -0.466 e. The van der Waals surface area contributed by atoms with E-state index >= 15 is 0 Å². The Morgan fingerprint density at radius 1 is 1.19 bits per heavy atom. The number of imidazole rings is 1. The molecule has 1 aromatic carbocycles. The molecule has 6 heteroatoms. The Labute approximate surface area is 185 Å². The van der Waals surface area contributed by atoms with Crippen LogP contribution in [0.3, 0.4) is 0 Å². The Morgan fingerprint density at radius 3 is 2.74 bits per heavy atom. The van der Waals surface area contributed by atoms with Gasteiger partial charge in [0.15, 0.2) is 0 Å². The van der Waals surface area contributed by atoms with Gasteiger partial charge in [-0.05, 0) is 44.6 Å². The fourth-order valence-corrected chi connectivity index (χ4v) is 4.61. The molecule has 3 rings (SSSR count). The summed E-state index contributed by atoms with van der Waals surface area (Å²) in [5.41, 5.74) is 0.680. The zero-order valence-corrected chi connectivity index (χ0v) is 18.9. The van der Waals surface area contributed by atoms with Crippen LogP contribution in [0.2, 0.25) is 0 Å². The first-order valence-electron chi connectivity index (χ1n) is 11.6. The highest BCUT2D eigenvalue weighted by Crippen LogP contribution is 2.37. The lowest BCUT2D eigenvalue weighted by molar-refractivity contribution is -0.161. The summed E-state index contributed by atoms with van der Waals surface area (Å²) < 4.78 is 7.52. The van der Waals surface area contributed by atoms with E-state index in [-0.39, 0.29) is 11.9 Å². The maximum atomic E-state index is 13.0. The third-order valence-corrected chi connectivity index (χ3v) is 6.29. The van der Waals surface area contributed by atoms with E-state index in [1.165, 1.54) is 5.56 Å². The number of likely N-dealkylation sites (tertiary alicyclic amines) is 1. The van der Waals surface area contributed by atoms with Crippen molar-refractivity contribution >= 4 is 11.9 Å². The smallest absolute Gasteiger partial charge is 0.313 e. The number of carbonyl (C=O) groups excluding carboxylic acids is 2. The lowest BCUT2D eigenvalue weighted by Crippen LogP contribution is -2.50. The number of rotatable bonds is 10. The molecule has 2 heterocycles. The van der Waals surface area contributed by atoms with Gasteiger partial charge in [0.2, 0.25) is 5.91 Å². The van der Waals surface area contributed by atoms with E-state index in [0.717, 1.165) is 44.3 Å². The molecule has 0 radical (unpaired) electrons. The Bertz CT molecular complexity index is 849. The lowest BCUT2D eigenvalue weighted by Gasteiger charge is -2.41. The number of nitrogens with zero attached hydrogens (tertiary/aromatic N) is 3. The molecule has 0 aliphatic carbocycles. The third-order valence-electron chi connectivity index (χ3n) is 6.29. The van der Waals surface area contributed by atoms with E-state index in [1.54, 1.807) is 6.20 Å². The van der Waals surface area contributed by atoms with Crippen molar-refractivity contribution in [1.29, 1.82) is 0 Å². The summed E-state index contributed by atoms with van der Waals surface area (Å²) in [6, 6.07) is 10.3. The maximum absolute atomic E-state index is 13.0. The van der Waals surface area contributed by atoms with Crippen molar-refractivity contribution in [3.63, 3.8) is 0 Å². The van der Waals surface area contributed by atoms with Crippen LogP contribution in [0.15, 0.2) is 42.7 Å². The van der Waals surface area contributed by atoms with Gasteiger partial charge >= 0.3 is 5.97 Å². The molecule has 2 aromatic rings. The predicted molar refractivity (Wildman–Crippen MR) is 120 cm³/mol. The second-order valence-corrected chi connectivity index (χ2v) is 8.40. The van der Waals surface area contributed by atoms with Gasteiger partial charge in [0.05, 0.1) is 12.0 Å². The molecular weight excluding hydrogens is 390 g/mol. The minimum atomic E-state index is -0.595. The van der Waals surface area contributed by atoms with Crippen LogP contribution in [-0.2, 0) is 33.7 Å². The average Bonchev–Trinajstić information content (AvgIpc) is 3.26. The summed E-state index contributed by atoms with van der Waals surface area (Å²) in [6.45, 7) is 6.08. The third kappa shape index (κ3) is 5.96. The van der Waals surface area contributed by atoms with Crippen molar-refractivity contribution in [2.24, 2.45) is 5.41 Å². The van der Waals surface area contributed by atoms with E-state index in [4.69, 9.17) is 4.74 Å². The highest BCUT2D eigenvalue weighted by atomic mass is 16.5. The van der Waals surface area contributed by atoms with Crippen LogP contribution < -0.4 is 0 Å². The van der Waals surface area contributed by atoms with Gasteiger partial charge in [0.25, 0.3) is 0 Å². The van der Waals surface area contributed by atoms with Crippen LogP contribution in [0.1, 0.15) is 57.3 Å². The summed E-state index contributed by atoms with van der Waals surface area (Å²) >= 11 is 0. The standard InChI is InChI=1S/C25H35N3O3/c1-3-22-26-16-19-27(22)18-13-23(29)28-17-9-15-25(20-28,24(30)31-4-2)14-8-12-21-10-6-5-7-11-21/h5-7,10-11,16,19H,3-4,8-9,12-15,17-18,20H2,1-2H3/t25-/m1/s1. The monoisotopic (exact) mass is 425 g/mol. The Hall–Kier alpha value is -2.63. The van der Waals surface area contributed by atoms with E-state index in [9.17, 15) is 9.59 Å². The van der Waals surface area contributed by atoms with Crippen LogP contribution in [0.5, 0.6) is 0 Å². The van der Waals surface area contributed by atoms with Crippen molar-refractivity contribution in [3.8, 4) is 0 Å². The molecule has 168 valence electrons. The Morgan fingerprint density at radius 2 is 2.00 bits per heavy atom. The number of benzene rings is 1. The molecule has 1 amide bonds. The van der Waals surface area contributed by atoms with Crippen LogP contribution in [0.25, 0.3) is 0 Å². The molecule has 0 saturated carbocycles. The molecule has 1 aliphatic heterocycles. The molecule has 1 saturated heterocycles. The number of hydrogen-bond acceptors (Lipinski definition) is 4. The van der Waals surface area contributed by atoms with Crippen molar-refractivity contribution in [3.05, 3.63) is 54.1 Å². The highest BCUT2D eigenvalue weighted by molar-refractivity contribution is 5.80. The number of carbonyl (C=O) groups is 2. The zero-order chi connectivity index (χ0) is 22.1. The molecule has 0 unspecified atom stereocenters. The van der Waals surface area contributed by atoms with Crippen LogP contribution in [-0.4, -0.2) is 46.0 Å². The quantitative estimate of drug-likeness (QED) is 0.539. The second-order valence-electron chi connectivity index (χ2n) is 8.40. The first-order valence-corrected chi connectivity index (χ1v) is 11.6. The molecular formula is C25H35N3O3. The van der Waals surface area contributed by atoms with Crippen molar-refractivity contribution in [2.75, 3.05) is 19.7 Å². The molecule has 1 aromatic heterocycles. The number of ether oxygens (including phenoxy) is 1. The van der Waals surface area contributed by atoms with Gasteiger partial charge in [-0.15, -0.1) is 0 Å². The van der Waals surface area contributed by atoms with Crippen LogP contribution >= 0.6 is 0 Å². The molecule has 1 fully saturated rings. The second kappa shape index (κ2) is 11.1. The molecule has 0 N–H and O–H groups in total. The SMILES string of the molecule is CCOC(=O)[C@]1(CCCc2ccccc2)CCCN(C(=O)CCn2ccnc2CC)C1. The van der Waals surface area contributed by atoms with Crippen LogP contribution in [0, 0.1) is 5.41 Å². The van der Waals surface area contributed by atoms with Crippen LogP contribution in [0.4, 0.5) is 0 Å². The normalized spacial score (nSPS) is 18.7. The van der Waals surface area contributed by atoms with Crippen molar-refractivity contribution in [1.82, 2.24) is 14.5 Å². The number of aryl methyl sites for hydroxylation is 3. The number of hydrogen-bond donors (Lipinski definition) is 0. The summed E-state index contributed by atoms with van der Waals surface area (Å²) in [5.74, 6) is 0.948. The fourth-order valence-electron chi connectivity index (χ4n) is 4.61. The lowest BCUT2D eigenvalue weighted by atomic mass is 9.75. The number of esters is 1. The van der Waals surface area contributed by atoms with Gasteiger partial charge in [-0.25, -0.2) is 4.98 Å². The number of aromatic nitrogens is 2. The van der Waals surface area contributed by atoms with Gasteiger partial charge in [0, 0.05) is 44.9 Å². The molecule has 0 spiro atoms. The first-order chi connectivity index (χ1) is 15.1. The van der Waals surface area contributed by atoms with E-state index < -0.39 is 5.41 Å². The minimum absolute atomic E-state index is 0.104. The topological polar surface area (TPSA) is 64.4 Å². The summed E-state index contributed by atoms with van der Waals surface area (Å²) in [7, 11) is 0. The Balaban J connectivity index is 1.63.